The first-order valence-electron chi connectivity index (χ1n) is 8.03. The van der Waals surface area contributed by atoms with Crippen LogP contribution in [0.1, 0.15) is 42.5 Å². The van der Waals surface area contributed by atoms with Crippen LogP contribution in [0.15, 0.2) is 59.3 Å². The Morgan fingerprint density at radius 2 is 1.59 bits per heavy atom. The van der Waals surface area contributed by atoms with Gasteiger partial charge in [-0.3, -0.25) is 14.4 Å². The van der Waals surface area contributed by atoms with E-state index in [2.05, 4.69) is 15.9 Å². The number of aromatic nitrogens is 2. The molecule has 0 spiro atoms. The maximum absolute atomic E-state index is 12.9. The highest BCUT2D eigenvalue weighted by Gasteiger charge is 2.40. The molecule has 0 atom stereocenters. The molecule has 0 saturated carbocycles. The number of imidazole rings is 1. The second-order valence-corrected chi connectivity index (χ2v) is 7.10. The molecule has 1 heterocycles. The summed E-state index contributed by atoms with van der Waals surface area (Å²) in [6.45, 7) is -0.00794. The molecule has 7 heteroatoms. The topological polar surface area (TPSA) is 60.0 Å². The summed E-state index contributed by atoms with van der Waals surface area (Å²) in [6, 6.07) is 13.8. The fourth-order valence-corrected chi connectivity index (χ4v) is 3.53. The molecule has 5 nitrogen and oxygen atoms in total. The Labute approximate surface area is 174 Å². The van der Waals surface area contributed by atoms with Crippen molar-refractivity contribution in [3.05, 3.63) is 87.4 Å². The Morgan fingerprint density at radius 3 is 2.22 bits per heavy atom. The number of nitrogens with zero attached hydrogens (tertiary/aromatic N) is 2. The van der Waals surface area contributed by atoms with Gasteiger partial charge < -0.3 is 17.0 Å². The lowest BCUT2D eigenvalue weighted by Crippen LogP contribution is -3.00. The van der Waals surface area contributed by atoms with E-state index in [0.29, 0.717) is 22.4 Å². The van der Waals surface area contributed by atoms with Crippen LogP contribution < -0.4 is 21.5 Å². The number of aryl methyl sites for hydroxylation is 1. The van der Waals surface area contributed by atoms with Crippen molar-refractivity contribution in [3.63, 3.8) is 0 Å². The summed E-state index contributed by atoms with van der Waals surface area (Å²) >= 11 is 3.34. The smallest absolute Gasteiger partial charge is 0.245 e. The third-order valence-electron chi connectivity index (χ3n) is 4.50. The quantitative estimate of drug-likeness (QED) is 0.294. The van der Waals surface area contributed by atoms with E-state index in [-0.39, 0.29) is 46.6 Å². The monoisotopic (exact) mass is 488 g/mol. The fourth-order valence-electron chi connectivity index (χ4n) is 3.27. The number of carbonyl (C=O) groups excluding carboxylic acids is 3. The molecule has 0 unspecified atom stereocenters. The number of benzene rings is 2. The summed E-state index contributed by atoms with van der Waals surface area (Å²) in [5.41, 5.74) is 1.91. The zero-order valence-electron chi connectivity index (χ0n) is 14.3. The molecule has 136 valence electrons. The highest BCUT2D eigenvalue weighted by molar-refractivity contribution is 9.10. The molecule has 3 aromatic rings. The second kappa shape index (κ2) is 7.32. The van der Waals surface area contributed by atoms with E-state index in [1.807, 2.05) is 0 Å². The summed E-state index contributed by atoms with van der Waals surface area (Å²) in [7, 11) is 1.71. The third-order valence-corrected chi connectivity index (χ3v) is 5.03. The Bertz CT molecular complexity index is 1090. The van der Waals surface area contributed by atoms with Gasteiger partial charge in [-0.2, -0.15) is 0 Å². The van der Waals surface area contributed by atoms with E-state index in [1.165, 1.54) is 0 Å². The molecule has 0 aliphatic heterocycles. The van der Waals surface area contributed by atoms with Crippen LogP contribution in [0, 0.1) is 0 Å². The van der Waals surface area contributed by atoms with Crippen LogP contribution >= 0.6 is 15.9 Å². The lowest BCUT2D eigenvalue weighted by Gasteiger charge is -2.12. The first-order chi connectivity index (χ1) is 12.5. The fraction of sp³-hybridized carbons (Fsp3) is 0.100. The average molecular weight is 490 g/mol. The summed E-state index contributed by atoms with van der Waals surface area (Å²) in [4.78, 5) is 38.4. The van der Waals surface area contributed by atoms with E-state index in [4.69, 9.17) is 0 Å². The summed E-state index contributed by atoms with van der Waals surface area (Å²) in [6.07, 6.45) is 1.63. The Kier molecular flexibility index (Phi) is 5.26. The molecule has 2 aromatic carbocycles. The zero-order valence-corrected chi connectivity index (χ0v) is 17.5. The zero-order chi connectivity index (χ0) is 18.4. The first kappa shape index (κ1) is 19.4. The SMILES string of the molecule is C[n+]1cn(CC(=O)c2ccc(Br)cc2)c2c1C(=O)c1ccccc1C2=O.[Br-]. The number of halogens is 2. The molecule has 1 aliphatic rings. The number of fused-ring (bicyclic) bond motifs is 2. The molecule has 0 bridgehead atoms. The van der Waals surface area contributed by atoms with Crippen LogP contribution in [0.5, 0.6) is 0 Å². The van der Waals surface area contributed by atoms with E-state index in [9.17, 15) is 14.4 Å². The molecular weight excluding hydrogens is 476 g/mol. The largest absolute Gasteiger partial charge is 1.00 e. The van der Waals surface area contributed by atoms with E-state index < -0.39 is 0 Å². The van der Waals surface area contributed by atoms with Gasteiger partial charge in [-0.05, 0) is 12.1 Å². The summed E-state index contributed by atoms with van der Waals surface area (Å²) in [5.74, 6) is -0.568. The van der Waals surface area contributed by atoms with Crippen LogP contribution in [0.25, 0.3) is 0 Å². The van der Waals surface area contributed by atoms with Gasteiger partial charge in [0.1, 0.15) is 0 Å². The van der Waals surface area contributed by atoms with Gasteiger partial charge in [-0.15, -0.1) is 0 Å². The van der Waals surface area contributed by atoms with Crippen molar-refractivity contribution in [2.24, 2.45) is 7.05 Å². The van der Waals surface area contributed by atoms with Crippen LogP contribution in [-0.2, 0) is 13.6 Å². The van der Waals surface area contributed by atoms with Crippen LogP contribution in [0.3, 0.4) is 0 Å². The summed E-state index contributed by atoms with van der Waals surface area (Å²) in [5, 5.41) is 0. The van der Waals surface area contributed by atoms with Crippen molar-refractivity contribution >= 4 is 33.3 Å². The maximum Gasteiger partial charge on any atom is 0.245 e. The van der Waals surface area contributed by atoms with Gasteiger partial charge in [-0.25, -0.2) is 9.13 Å². The Balaban J connectivity index is 0.00000210. The Hall–Kier alpha value is -2.38. The minimum absolute atomic E-state index is 0. The second-order valence-electron chi connectivity index (χ2n) is 6.19. The first-order valence-corrected chi connectivity index (χ1v) is 8.82. The van der Waals surface area contributed by atoms with Crippen molar-refractivity contribution in [2.45, 2.75) is 6.54 Å². The van der Waals surface area contributed by atoms with Gasteiger partial charge in [0.15, 0.2) is 6.54 Å². The average Bonchev–Trinajstić information content (AvgIpc) is 2.96. The molecule has 0 N–H and O–H groups in total. The van der Waals surface area contributed by atoms with Gasteiger partial charge in [0, 0.05) is 21.2 Å². The number of ketones is 3. The number of carbonyl (C=O) groups is 3. The standard InChI is InChI=1S/C20H14BrN2O3.BrH/c1-22-11-23(10-16(24)12-6-8-13(21)9-7-12)18-17(22)19(25)14-4-2-3-5-15(14)20(18)26;/h2-9,11H,10H2,1H3;1H/q+1;/p-1. The predicted octanol–water partition coefficient (Wildman–Crippen LogP) is -0.263. The third kappa shape index (κ3) is 3.21. The highest BCUT2D eigenvalue weighted by atomic mass is 79.9. The molecule has 1 aromatic heterocycles. The number of rotatable bonds is 3. The predicted molar refractivity (Wildman–Crippen MR) is 97.4 cm³/mol. The van der Waals surface area contributed by atoms with E-state index in [1.54, 1.807) is 71.0 Å². The highest BCUT2D eigenvalue weighted by Crippen LogP contribution is 2.25. The molecule has 4 rings (SSSR count). The minimum atomic E-state index is -0.237. The van der Waals surface area contributed by atoms with E-state index >= 15 is 0 Å². The van der Waals surface area contributed by atoms with Crippen LogP contribution in [0.4, 0.5) is 0 Å². The number of hydrogen-bond acceptors (Lipinski definition) is 3. The van der Waals surface area contributed by atoms with Crippen molar-refractivity contribution in [3.8, 4) is 0 Å². The van der Waals surface area contributed by atoms with E-state index in [0.717, 1.165) is 4.47 Å². The molecule has 0 saturated heterocycles. The van der Waals surface area contributed by atoms with Gasteiger partial charge in [0.25, 0.3) is 0 Å². The molecule has 0 fully saturated rings. The minimum Gasteiger partial charge on any atom is -1.00 e. The number of Topliss-reactive ketones (excluding diaryl/α,β-unsaturated/α-hetero) is 1. The van der Waals surface area contributed by atoms with Gasteiger partial charge in [-0.1, -0.05) is 52.3 Å². The van der Waals surface area contributed by atoms with Crippen molar-refractivity contribution < 1.29 is 35.9 Å². The lowest BCUT2D eigenvalue weighted by molar-refractivity contribution is -0.672. The number of hydrogen-bond donors (Lipinski definition) is 0. The lowest BCUT2D eigenvalue weighted by atomic mass is 9.90. The molecule has 0 amide bonds. The van der Waals surface area contributed by atoms with Gasteiger partial charge >= 0.3 is 0 Å². The van der Waals surface area contributed by atoms with Gasteiger partial charge in [0.2, 0.25) is 35.1 Å². The summed E-state index contributed by atoms with van der Waals surface area (Å²) < 4.78 is 4.06. The maximum atomic E-state index is 12.9. The van der Waals surface area contributed by atoms with Gasteiger partial charge in [0.05, 0.1) is 7.05 Å². The van der Waals surface area contributed by atoms with Crippen molar-refractivity contribution in [1.29, 1.82) is 0 Å². The van der Waals surface area contributed by atoms with Crippen molar-refractivity contribution in [2.75, 3.05) is 0 Å². The normalized spacial score (nSPS) is 12.2. The van der Waals surface area contributed by atoms with Crippen molar-refractivity contribution in [1.82, 2.24) is 4.57 Å². The Morgan fingerprint density at radius 1 is 1.00 bits per heavy atom. The molecular formula is C20H14Br2N2O3. The molecule has 1 aliphatic carbocycles. The van der Waals surface area contributed by atoms with Crippen LogP contribution in [0.2, 0.25) is 0 Å². The molecule has 27 heavy (non-hydrogen) atoms. The van der Waals surface area contributed by atoms with Crippen LogP contribution in [-0.4, -0.2) is 21.9 Å². The molecule has 0 radical (unpaired) electrons.